The van der Waals surface area contributed by atoms with E-state index in [1.807, 2.05) is 24.3 Å². The molecule has 0 aliphatic carbocycles. The Hall–Kier alpha value is -1.65. The monoisotopic (exact) mass is 376 g/mol. The van der Waals surface area contributed by atoms with Crippen LogP contribution in [0.1, 0.15) is 28.8 Å². The number of hydrazone groups is 1. The Kier molecular flexibility index (Phi) is 4.60. The van der Waals surface area contributed by atoms with Crippen LogP contribution in [0.25, 0.3) is 0 Å². The fourth-order valence-corrected chi connectivity index (χ4v) is 2.77. The lowest BCUT2D eigenvalue weighted by atomic mass is 10.0. The zero-order chi connectivity index (χ0) is 15.5. The zero-order valence-corrected chi connectivity index (χ0v) is 14.1. The molecule has 0 radical (unpaired) electrons. The molecule has 0 aromatic heterocycles. The van der Waals surface area contributed by atoms with Gasteiger partial charge in [0.05, 0.1) is 5.71 Å². The van der Waals surface area contributed by atoms with Gasteiger partial charge >= 0.3 is 0 Å². The minimum absolute atomic E-state index is 0.0917. The molecule has 0 spiro atoms. The molecular weight excluding hydrogens is 364 g/mol. The van der Waals surface area contributed by atoms with Gasteiger partial charge in [0.25, 0.3) is 5.91 Å². The molecule has 0 saturated heterocycles. The van der Waals surface area contributed by atoms with E-state index in [0.717, 1.165) is 28.6 Å². The van der Waals surface area contributed by atoms with Crippen LogP contribution in [0.2, 0.25) is 5.02 Å². The third-order valence-electron chi connectivity index (χ3n) is 3.53. The Bertz CT molecular complexity index is 710. The summed E-state index contributed by atoms with van der Waals surface area (Å²) in [6.07, 6.45) is 1.79. The van der Waals surface area contributed by atoms with Crippen molar-refractivity contribution in [2.75, 3.05) is 6.54 Å². The zero-order valence-electron chi connectivity index (χ0n) is 11.8. The molecule has 2 aromatic rings. The predicted molar refractivity (Wildman–Crippen MR) is 92.4 cm³/mol. The highest BCUT2D eigenvalue weighted by Crippen LogP contribution is 2.19. The van der Waals surface area contributed by atoms with Crippen molar-refractivity contribution < 1.29 is 4.79 Å². The van der Waals surface area contributed by atoms with Gasteiger partial charge in [-0.15, -0.1) is 0 Å². The molecule has 1 heterocycles. The molecule has 0 atom stereocenters. The van der Waals surface area contributed by atoms with Crippen LogP contribution < -0.4 is 0 Å². The topological polar surface area (TPSA) is 32.7 Å². The SMILES string of the molecule is O=C(c1ccc(Cl)cc1)N1CCCC(c2ccc(Br)cc2)=N1. The van der Waals surface area contributed by atoms with E-state index in [-0.39, 0.29) is 5.91 Å². The lowest BCUT2D eigenvalue weighted by Crippen LogP contribution is -2.32. The highest BCUT2D eigenvalue weighted by atomic mass is 79.9. The number of carbonyl (C=O) groups excluding carboxylic acids is 1. The van der Waals surface area contributed by atoms with Crippen molar-refractivity contribution in [3.63, 3.8) is 0 Å². The number of hydrogen-bond acceptors (Lipinski definition) is 2. The van der Waals surface area contributed by atoms with E-state index in [1.54, 1.807) is 29.3 Å². The molecule has 5 heteroatoms. The Morgan fingerprint density at radius 1 is 1.09 bits per heavy atom. The smallest absolute Gasteiger partial charge is 0.267 e. The Labute approximate surface area is 142 Å². The lowest BCUT2D eigenvalue weighted by molar-refractivity contribution is 0.0751. The van der Waals surface area contributed by atoms with E-state index >= 15 is 0 Å². The summed E-state index contributed by atoms with van der Waals surface area (Å²) in [6, 6.07) is 14.9. The normalized spacial score (nSPS) is 14.6. The summed E-state index contributed by atoms with van der Waals surface area (Å²) in [7, 11) is 0. The van der Waals surface area contributed by atoms with Gasteiger partial charge in [-0.05, 0) is 54.8 Å². The fourth-order valence-electron chi connectivity index (χ4n) is 2.37. The highest BCUT2D eigenvalue weighted by Gasteiger charge is 2.20. The maximum absolute atomic E-state index is 12.5. The standard InChI is InChI=1S/C17H14BrClN2O/c18-14-7-3-12(4-8-14)16-2-1-11-21(20-16)17(22)13-5-9-15(19)10-6-13/h3-10H,1-2,11H2. The first-order valence-electron chi connectivity index (χ1n) is 7.04. The predicted octanol–water partition coefficient (Wildman–Crippen LogP) is 4.74. The van der Waals surface area contributed by atoms with Gasteiger partial charge in [0.1, 0.15) is 0 Å². The molecule has 112 valence electrons. The second kappa shape index (κ2) is 6.63. The summed E-state index contributed by atoms with van der Waals surface area (Å²) >= 11 is 9.29. The van der Waals surface area contributed by atoms with Gasteiger partial charge in [-0.1, -0.05) is 39.7 Å². The molecule has 0 saturated carbocycles. The molecule has 1 amide bonds. The number of rotatable bonds is 2. The number of nitrogens with zero attached hydrogens (tertiary/aromatic N) is 2. The molecule has 0 bridgehead atoms. The summed E-state index contributed by atoms with van der Waals surface area (Å²) in [5, 5.41) is 6.70. The summed E-state index contributed by atoms with van der Waals surface area (Å²) in [5.74, 6) is -0.0917. The van der Waals surface area contributed by atoms with E-state index in [1.165, 1.54) is 0 Å². The summed E-state index contributed by atoms with van der Waals surface area (Å²) in [5.41, 5.74) is 2.60. The molecule has 3 rings (SSSR count). The van der Waals surface area contributed by atoms with Gasteiger partial charge in [-0.2, -0.15) is 5.10 Å². The Morgan fingerprint density at radius 2 is 1.77 bits per heavy atom. The average molecular weight is 378 g/mol. The third-order valence-corrected chi connectivity index (χ3v) is 4.31. The minimum Gasteiger partial charge on any atom is -0.267 e. The number of amides is 1. The molecule has 1 aliphatic rings. The van der Waals surface area contributed by atoms with Crippen LogP contribution in [0.4, 0.5) is 0 Å². The molecule has 0 N–H and O–H groups in total. The third kappa shape index (κ3) is 3.39. The van der Waals surface area contributed by atoms with E-state index in [0.29, 0.717) is 17.1 Å². The van der Waals surface area contributed by atoms with Crippen molar-refractivity contribution in [1.82, 2.24) is 5.01 Å². The Morgan fingerprint density at radius 3 is 2.45 bits per heavy atom. The molecule has 2 aromatic carbocycles. The summed E-state index contributed by atoms with van der Waals surface area (Å²) in [4.78, 5) is 12.5. The van der Waals surface area contributed by atoms with Gasteiger partial charge in [0.15, 0.2) is 0 Å². The van der Waals surface area contributed by atoms with Crippen molar-refractivity contribution >= 4 is 39.1 Å². The first kappa shape index (κ1) is 15.3. The molecular formula is C17H14BrClN2O. The highest BCUT2D eigenvalue weighted by molar-refractivity contribution is 9.10. The van der Waals surface area contributed by atoms with Crippen molar-refractivity contribution in [2.45, 2.75) is 12.8 Å². The minimum atomic E-state index is -0.0917. The molecule has 1 aliphatic heterocycles. The Balaban J connectivity index is 1.85. The van der Waals surface area contributed by atoms with Crippen LogP contribution in [-0.2, 0) is 0 Å². The van der Waals surface area contributed by atoms with Crippen molar-refractivity contribution in [1.29, 1.82) is 0 Å². The number of hydrogen-bond donors (Lipinski definition) is 0. The molecule has 0 unspecified atom stereocenters. The van der Waals surface area contributed by atoms with Gasteiger partial charge < -0.3 is 0 Å². The van der Waals surface area contributed by atoms with Crippen LogP contribution >= 0.6 is 27.5 Å². The quantitative estimate of drug-likeness (QED) is 0.744. The van der Waals surface area contributed by atoms with Crippen LogP contribution in [0.3, 0.4) is 0 Å². The van der Waals surface area contributed by atoms with Crippen LogP contribution in [0.15, 0.2) is 58.1 Å². The summed E-state index contributed by atoms with van der Waals surface area (Å²) < 4.78 is 1.03. The second-order valence-corrected chi connectivity index (χ2v) is 6.44. The van der Waals surface area contributed by atoms with Gasteiger partial charge in [0, 0.05) is 21.6 Å². The van der Waals surface area contributed by atoms with Crippen LogP contribution in [0, 0.1) is 0 Å². The van der Waals surface area contributed by atoms with E-state index in [9.17, 15) is 4.79 Å². The average Bonchev–Trinajstić information content (AvgIpc) is 2.56. The maximum atomic E-state index is 12.5. The van der Waals surface area contributed by atoms with Gasteiger partial charge in [-0.25, -0.2) is 5.01 Å². The molecule has 3 nitrogen and oxygen atoms in total. The summed E-state index contributed by atoms with van der Waals surface area (Å²) in [6.45, 7) is 0.640. The van der Waals surface area contributed by atoms with Crippen molar-refractivity contribution in [3.8, 4) is 0 Å². The first-order chi connectivity index (χ1) is 10.6. The van der Waals surface area contributed by atoms with E-state index in [2.05, 4.69) is 21.0 Å². The maximum Gasteiger partial charge on any atom is 0.273 e. The molecule has 0 fully saturated rings. The fraction of sp³-hybridized carbons (Fsp3) is 0.176. The van der Waals surface area contributed by atoms with E-state index < -0.39 is 0 Å². The second-order valence-electron chi connectivity index (χ2n) is 5.09. The van der Waals surface area contributed by atoms with Crippen molar-refractivity contribution in [3.05, 3.63) is 69.2 Å². The van der Waals surface area contributed by atoms with Crippen LogP contribution in [-0.4, -0.2) is 23.2 Å². The van der Waals surface area contributed by atoms with Crippen molar-refractivity contribution in [2.24, 2.45) is 5.10 Å². The first-order valence-corrected chi connectivity index (χ1v) is 8.21. The largest absolute Gasteiger partial charge is 0.273 e. The number of carbonyl (C=O) groups is 1. The van der Waals surface area contributed by atoms with Gasteiger partial charge in [0.2, 0.25) is 0 Å². The number of halogens is 2. The molecule has 22 heavy (non-hydrogen) atoms. The number of benzene rings is 2. The lowest BCUT2D eigenvalue weighted by Gasteiger charge is -2.24. The van der Waals surface area contributed by atoms with Gasteiger partial charge in [-0.3, -0.25) is 4.79 Å². The van der Waals surface area contributed by atoms with Crippen LogP contribution in [0.5, 0.6) is 0 Å². The van der Waals surface area contributed by atoms with E-state index in [4.69, 9.17) is 11.6 Å².